The van der Waals surface area contributed by atoms with Gasteiger partial charge in [-0.05, 0) is 87.6 Å². The van der Waals surface area contributed by atoms with E-state index in [0.29, 0.717) is 24.7 Å². The number of benzene rings is 1. The summed E-state index contributed by atoms with van der Waals surface area (Å²) in [6.07, 6.45) is 11.7. The maximum absolute atomic E-state index is 13.7. The van der Waals surface area contributed by atoms with Crippen LogP contribution < -0.4 is 10.6 Å². The number of aromatic nitrogens is 2. The van der Waals surface area contributed by atoms with E-state index in [1.165, 1.54) is 29.6 Å². The molecule has 1 saturated carbocycles. The van der Waals surface area contributed by atoms with Crippen molar-refractivity contribution in [3.05, 3.63) is 58.5 Å². The molecule has 2 amide bonds. The second-order valence-electron chi connectivity index (χ2n) is 12.3. The van der Waals surface area contributed by atoms with E-state index in [9.17, 15) is 9.59 Å². The number of likely N-dealkylation sites (tertiary alicyclic amines) is 1. The fourth-order valence-corrected chi connectivity index (χ4v) is 7.00. The molecule has 4 heterocycles. The molecule has 1 aromatic carbocycles. The van der Waals surface area contributed by atoms with Gasteiger partial charge in [-0.1, -0.05) is 18.9 Å². The third kappa shape index (κ3) is 5.09. The highest BCUT2D eigenvalue weighted by Crippen LogP contribution is 2.35. The van der Waals surface area contributed by atoms with Crippen molar-refractivity contribution in [1.29, 1.82) is 0 Å². The van der Waals surface area contributed by atoms with Crippen LogP contribution in [0.25, 0.3) is 16.5 Å². The zero-order chi connectivity index (χ0) is 28.0. The molecule has 2 fully saturated rings. The number of dihydropyridines is 1. The van der Waals surface area contributed by atoms with Crippen LogP contribution in [0, 0.1) is 5.92 Å². The van der Waals surface area contributed by atoms with Gasteiger partial charge in [0.1, 0.15) is 0 Å². The first-order chi connectivity index (χ1) is 19.3. The van der Waals surface area contributed by atoms with Crippen molar-refractivity contribution < 1.29 is 9.59 Å². The fraction of sp³-hybridized carbons (Fsp3) is 0.531. The van der Waals surface area contributed by atoms with Gasteiger partial charge in [0.25, 0.3) is 5.91 Å². The molecule has 212 valence electrons. The highest BCUT2D eigenvalue weighted by atomic mass is 16.2. The predicted molar refractivity (Wildman–Crippen MR) is 159 cm³/mol. The number of allylic oxidation sites excluding steroid dienone is 3. The van der Waals surface area contributed by atoms with Crippen LogP contribution in [-0.2, 0) is 4.79 Å². The van der Waals surface area contributed by atoms with Gasteiger partial charge >= 0.3 is 0 Å². The first kappa shape index (κ1) is 26.8. The van der Waals surface area contributed by atoms with Crippen LogP contribution in [0.2, 0.25) is 0 Å². The van der Waals surface area contributed by atoms with Crippen molar-refractivity contribution in [3.8, 4) is 0 Å². The summed E-state index contributed by atoms with van der Waals surface area (Å²) in [4.78, 5) is 30.8. The van der Waals surface area contributed by atoms with Gasteiger partial charge in [0, 0.05) is 49.8 Å². The molecule has 1 aromatic heterocycles. The smallest absolute Gasteiger partial charge is 0.252 e. The first-order valence-electron chi connectivity index (χ1n) is 14.9. The van der Waals surface area contributed by atoms with Crippen LogP contribution in [0.5, 0.6) is 0 Å². The Bertz CT molecular complexity index is 1420. The average molecular weight is 543 g/mol. The Hall–Kier alpha value is -3.39. The van der Waals surface area contributed by atoms with E-state index in [-0.39, 0.29) is 23.8 Å². The molecule has 1 unspecified atom stereocenters. The van der Waals surface area contributed by atoms with Gasteiger partial charge in [-0.2, -0.15) is 5.10 Å². The Morgan fingerprint density at radius 2 is 1.93 bits per heavy atom. The molecule has 0 spiro atoms. The van der Waals surface area contributed by atoms with Crippen molar-refractivity contribution in [3.63, 3.8) is 0 Å². The summed E-state index contributed by atoms with van der Waals surface area (Å²) in [5.74, 6) is 0.329. The van der Waals surface area contributed by atoms with E-state index in [4.69, 9.17) is 5.10 Å². The number of hydrogen-bond acceptors (Lipinski definition) is 5. The van der Waals surface area contributed by atoms with Gasteiger partial charge in [-0.3, -0.25) is 14.3 Å². The SMILES string of the molecule is CC1=CC(C)=C(CNC(=O)c2cc(C3=CCN(C(=O)C4CN(C)C4)CC3)cc3c2cnn3C2CCCC2)C(C)N1. The van der Waals surface area contributed by atoms with E-state index >= 15 is 0 Å². The number of carbonyl (C=O) groups is 2. The topological polar surface area (TPSA) is 82.5 Å². The van der Waals surface area contributed by atoms with Crippen molar-refractivity contribution in [2.24, 2.45) is 5.92 Å². The molecule has 40 heavy (non-hydrogen) atoms. The molecule has 1 atom stereocenters. The maximum atomic E-state index is 13.7. The average Bonchev–Trinajstić information content (AvgIpc) is 3.60. The number of rotatable bonds is 6. The molecule has 0 bridgehead atoms. The van der Waals surface area contributed by atoms with E-state index in [1.54, 1.807) is 0 Å². The third-order valence-corrected chi connectivity index (χ3v) is 9.28. The highest BCUT2D eigenvalue weighted by molar-refractivity contribution is 6.07. The minimum atomic E-state index is -0.0705. The molecular formula is C32H42N6O2. The highest BCUT2D eigenvalue weighted by Gasteiger charge is 2.34. The van der Waals surface area contributed by atoms with Gasteiger partial charge in [0.05, 0.1) is 29.2 Å². The fourth-order valence-electron chi connectivity index (χ4n) is 7.00. The molecule has 6 rings (SSSR count). The van der Waals surface area contributed by atoms with Gasteiger partial charge in [0.2, 0.25) is 5.91 Å². The third-order valence-electron chi connectivity index (χ3n) is 9.28. The number of carbonyl (C=O) groups excluding carboxylic acids is 2. The summed E-state index contributed by atoms with van der Waals surface area (Å²) in [7, 11) is 2.06. The summed E-state index contributed by atoms with van der Waals surface area (Å²) in [6.45, 7) is 9.87. The van der Waals surface area contributed by atoms with Crippen LogP contribution in [0.1, 0.15) is 74.8 Å². The monoisotopic (exact) mass is 542 g/mol. The zero-order valence-corrected chi connectivity index (χ0v) is 24.3. The molecule has 2 aromatic rings. The second-order valence-corrected chi connectivity index (χ2v) is 12.3. The van der Waals surface area contributed by atoms with Crippen molar-refractivity contribution in [1.82, 2.24) is 30.2 Å². The second kappa shape index (κ2) is 10.9. The summed E-state index contributed by atoms with van der Waals surface area (Å²) in [5, 5.41) is 12.4. The number of fused-ring (bicyclic) bond motifs is 1. The Balaban J connectivity index is 1.29. The molecule has 2 N–H and O–H groups in total. The summed E-state index contributed by atoms with van der Waals surface area (Å²) >= 11 is 0. The van der Waals surface area contributed by atoms with E-state index in [2.05, 4.69) is 66.3 Å². The Morgan fingerprint density at radius 3 is 2.60 bits per heavy atom. The zero-order valence-electron chi connectivity index (χ0n) is 24.3. The van der Waals surface area contributed by atoms with Crippen LogP contribution in [0.15, 0.2) is 47.3 Å². The number of nitrogens with zero attached hydrogens (tertiary/aromatic N) is 4. The normalized spacial score (nSPS) is 22.7. The lowest BCUT2D eigenvalue weighted by atomic mass is 9.93. The van der Waals surface area contributed by atoms with Gasteiger partial charge < -0.3 is 20.4 Å². The van der Waals surface area contributed by atoms with E-state index in [0.717, 1.165) is 61.1 Å². The Morgan fingerprint density at radius 1 is 1.15 bits per heavy atom. The van der Waals surface area contributed by atoms with Gasteiger partial charge in [-0.25, -0.2) is 0 Å². The van der Waals surface area contributed by atoms with Crippen molar-refractivity contribution in [2.45, 2.75) is 65.0 Å². The lowest BCUT2D eigenvalue weighted by Crippen LogP contribution is -2.53. The molecule has 3 aliphatic heterocycles. The summed E-state index contributed by atoms with van der Waals surface area (Å²) < 4.78 is 2.16. The Labute approximate surface area is 237 Å². The maximum Gasteiger partial charge on any atom is 0.252 e. The van der Waals surface area contributed by atoms with Crippen LogP contribution in [0.3, 0.4) is 0 Å². The van der Waals surface area contributed by atoms with Crippen LogP contribution in [0.4, 0.5) is 0 Å². The number of hydrogen-bond donors (Lipinski definition) is 2. The summed E-state index contributed by atoms with van der Waals surface area (Å²) in [6, 6.07) is 4.82. The first-order valence-corrected chi connectivity index (χ1v) is 14.9. The molecule has 0 radical (unpaired) electrons. The van der Waals surface area contributed by atoms with Crippen LogP contribution in [-0.4, -0.2) is 77.2 Å². The van der Waals surface area contributed by atoms with E-state index in [1.807, 2.05) is 17.2 Å². The van der Waals surface area contributed by atoms with Crippen LogP contribution >= 0.6 is 0 Å². The molecule has 1 aliphatic carbocycles. The van der Waals surface area contributed by atoms with Crippen molar-refractivity contribution in [2.75, 3.05) is 39.8 Å². The number of nitrogens with one attached hydrogen (secondary N) is 2. The molecule has 4 aliphatic rings. The quantitative estimate of drug-likeness (QED) is 0.570. The predicted octanol–water partition coefficient (Wildman–Crippen LogP) is 4.27. The molecule has 8 heteroatoms. The van der Waals surface area contributed by atoms with E-state index < -0.39 is 0 Å². The minimum Gasteiger partial charge on any atom is -0.382 e. The summed E-state index contributed by atoms with van der Waals surface area (Å²) in [5.41, 5.74) is 7.53. The van der Waals surface area contributed by atoms with Crippen molar-refractivity contribution >= 4 is 28.3 Å². The molecule has 1 saturated heterocycles. The Kier molecular flexibility index (Phi) is 7.29. The lowest BCUT2D eigenvalue weighted by Gasteiger charge is -2.39. The number of amides is 2. The largest absolute Gasteiger partial charge is 0.382 e. The molecular weight excluding hydrogens is 500 g/mol. The molecule has 8 nitrogen and oxygen atoms in total. The minimum absolute atomic E-state index is 0.0705. The standard InChI is InChI=1S/C32H42N6O2/c1-20-13-21(2)35-22(3)28(20)16-33-31(39)27-14-24(15-30-29(27)17-34-38(30)26-7-5-6-8-26)23-9-11-37(12-10-23)32(40)25-18-36(4)19-25/h9,13-15,17,22,25-26,35H,5-8,10-12,16,18-19H2,1-4H3,(H,33,39). The van der Waals surface area contributed by atoms with Gasteiger partial charge in [-0.15, -0.1) is 0 Å². The lowest BCUT2D eigenvalue weighted by molar-refractivity contribution is -0.140. The van der Waals surface area contributed by atoms with Gasteiger partial charge in [0.15, 0.2) is 0 Å².